The van der Waals surface area contributed by atoms with Crippen molar-refractivity contribution in [3.63, 3.8) is 0 Å². The van der Waals surface area contributed by atoms with Crippen molar-refractivity contribution in [3.8, 4) is 0 Å². The molecule has 0 amide bonds. The fourth-order valence-electron chi connectivity index (χ4n) is 0.779. The smallest absolute Gasteiger partial charge is 0.176 e. The molecule has 0 spiro atoms. The first-order valence-electron chi connectivity index (χ1n) is 3.51. The zero-order chi connectivity index (χ0) is 9.10. The maximum absolute atomic E-state index is 5.71. The standard InChI is InChI=1S/C7H6N4S2/c8-5-2-1-3-9-6(5)12-7-10-4-11-13-7/h1-4H,8H2. The van der Waals surface area contributed by atoms with Crippen LogP contribution in [0.5, 0.6) is 0 Å². The van der Waals surface area contributed by atoms with E-state index in [9.17, 15) is 0 Å². The lowest BCUT2D eigenvalue weighted by Crippen LogP contribution is -1.89. The molecule has 0 bridgehead atoms. The van der Waals surface area contributed by atoms with Gasteiger partial charge in [-0.3, -0.25) is 0 Å². The number of pyridine rings is 1. The predicted octanol–water partition coefficient (Wildman–Crippen LogP) is 1.67. The average molecular weight is 210 g/mol. The third kappa shape index (κ3) is 1.96. The van der Waals surface area contributed by atoms with Crippen molar-refractivity contribution >= 4 is 29.0 Å². The molecule has 66 valence electrons. The quantitative estimate of drug-likeness (QED) is 0.816. The van der Waals surface area contributed by atoms with Crippen LogP contribution in [0.3, 0.4) is 0 Å². The van der Waals surface area contributed by atoms with Crippen LogP contribution in [0.4, 0.5) is 5.69 Å². The van der Waals surface area contributed by atoms with Crippen LogP contribution >= 0.6 is 23.3 Å². The first kappa shape index (κ1) is 8.46. The molecule has 0 fully saturated rings. The van der Waals surface area contributed by atoms with Crippen LogP contribution in [0.15, 0.2) is 34.0 Å². The van der Waals surface area contributed by atoms with Crippen LogP contribution in [-0.4, -0.2) is 14.3 Å². The van der Waals surface area contributed by atoms with E-state index in [0.29, 0.717) is 5.69 Å². The van der Waals surface area contributed by atoms with E-state index in [1.54, 1.807) is 12.3 Å². The predicted molar refractivity (Wildman–Crippen MR) is 52.7 cm³/mol. The monoisotopic (exact) mass is 210 g/mol. The zero-order valence-electron chi connectivity index (χ0n) is 6.54. The molecule has 2 heterocycles. The van der Waals surface area contributed by atoms with Crippen molar-refractivity contribution in [1.29, 1.82) is 0 Å². The van der Waals surface area contributed by atoms with Crippen LogP contribution in [-0.2, 0) is 0 Å². The van der Waals surface area contributed by atoms with Crippen LogP contribution in [0, 0.1) is 0 Å². The van der Waals surface area contributed by atoms with Gasteiger partial charge in [0, 0.05) is 6.20 Å². The molecule has 0 aliphatic rings. The number of hydrogen-bond donors (Lipinski definition) is 1. The Hall–Kier alpha value is -1.14. The highest BCUT2D eigenvalue weighted by atomic mass is 32.2. The lowest BCUT2D eigenvalue weighted by Gasteiger charge is -1.98. The number of nitrogens with two attached hydrogens (primary N) is 1. The Morgan fingerprint density at radius 1 is 1.38 bits per heavy atom. The Balaban J connectivity index is 2.24. The van der Waals surface area contributed by atoms with E-state index in [0.717, 1.165) is 9.37 Å². The summed E-state index contributed by atoms with van der Waals surface area (Å²) in [6.45, 7) is 0. The van der Waals surface area contributed by atoms with E-state index < -0.39 is 0 Å². The molecule has 0 radical (unpaired) electrons. The average Bonchev–Trinajstić information content (AvgIpc) is 2.61. The summed E-state index contributed by atoms with van der Waals surface area (Å²) in [6, 6.07) is 3.62. The van der Waals surface area contributed by atoms with Gasteiger partial charge in [0.25, 0.3) is 0 Å². The largest absolute Gasteiger partial charge is 0.397 e. The van der Waals surface area contributed by atoms with E-state index in [2.05, 4.69) is 14.3 Å². The minimum atomic E-state index is 0.669. The molecule has 2 N–H and O–H groups in total. The number of hydrogen-bond acceptors (Lipinski definition) is 6. The van der Waals surface area contributed by atoms with Gasteiger partial charge < -0.3 is 5.73 Å². The number of rotatable bonds is 2. The highest BCUT2D eigenvalue weighted by Gasteiger charge is 2.04. The first-order chi connectivity index (χ1) is 6.36. The molecule has 0 aliphatic heterocycles. The van der Waals surface area contributed by atoms with E-state index in [1.165, 1.54) is 29.6 Å². The summed E-state index contributed by atoms with van der Waals surface area (Å²) in [6.07, 6.45) is 3.23. The molecule has 2 aromatic heterocycles. The molecule has 2 rings (SSSR count). The van der Waals surface area contributed by atoms with Gasteiger partial charge in [0.05, 0.1) is 5.69 Å². The van der Waals surface area contributed by atoms with Gasteiger partial charge in [0.1, 0.15) is 11.4 Å². The molecule has 2 aromatic rings. The lowest BCUT2D eigenvalue weighted by molar-refractivity contribution is 1.13. The van der Waals surface area contributed by atoms with Crippen molar-refractivity contribution in [1.82, 2.24) is 14.3 Å². The maximum atomic E-state index is 5.71. The Bertz CT molecular complexity index is 387. The highest BCUT2D eigenvalue weighted by molar-refractivity contribution is 8.01. The molecule has 0 saturated carbocycles. The van der Waals surface area contributed by atoms with Crippen molar-refractivity contribution in [2.75, 3.05) is 5.73 Å². The van der Waals surface area contributed by atoms with Gasteiger partial charge in [0.2, 0.25) is 0 Å². The van der Waals surface area contributed by atoms with E-state index in [-0.39, 0.29) is 0 Å². The van der Waals surface area contributed by atoms with Crippen LogP contribution in [0.25, 0.3) is 0 Å². The number of nitrogen functional groups attached to an aromatic ring is 1. The van der Waals surface area contributed by atoms with Crippen molar-refractivity contribution in [2.45, 2.75) is 9.37 Å². The molecule has 0 atom stereocenters. The molecule has 0 aromatic carbocycles. The lowest BCUT2D eigenvalue weighted by atomic mass is 10.4. The van der Waals surface area contributed by atoms with Gasteiger partial charge in [0.15, 0.2) is 4.34 Å². The van der Waals surface area contributed by atoms with Gasteiger partial charge in [-0.15, -0.1) is 0 Å². The Labute approximate surface area is 83.4 Å². The summed E-state index contributed by atoms with van der Waals surface area (Å²) >= 11 is 2.76. The summed E-state index contributed by atoms with van der Waals surface area (Å²) in [5, 5.41) is 0.777. The molecular weight excluding hydrogens is 204 g/mol. The second-order valence-corrected chi connectivity index (χ2v) is 4.22. The SMILES string of the molecule is Nc1cccnc1Sc1ncns1. The molecule has 6 heteroatoms. The minimum absolute atomic E-state index is 0.669. The number of nitrogens with zero attached hydrogens (tertiary/aromatic N) is 3. The molecule has 4 nitrogen and oxygen atoms in total. The fourth-order valence-corrected chi connectivity index (χ4v) is 2.14. The first-order valence-corrected chi connectivity index (χ1v) is 5.10. The second kappa shape index (κ2) is 3.71. The number of aromatic nitrogens is 3. The minimum Gasteiger partial charge on any atom is -0.397 e. The fraction of sp³-hybridized carbons (Fsp3) is 0. The summed E-state index contributed by atoms with van der Waals surface area (Å²) in [5.74, 6) is 0. The van der Waals surface area contributed by atoms with Crippen molar-refractivity contribution < 1.29 is 0 Å². The third-order valence-corrected chi connectivity index (χ3v) is 3.08. The zero-order valence-corrected chi connectivity index (χ0v) is 8.18. The summed E-state index contributed by atoms with van der Waals surface area (Å²) in [7, 11) is 0. The van der Waals surface area contributed by atoms with Gasteiger partial charge in [-0.1, -0.05) is 0 Å². The molecule has 0 aliphatic carbocycles. The maximum Gasteiger partial charge on any atom is 0.176 e. The Kier molecular flexibility index (Phi) is 2.42. The van der Waals surface area contributed by atoms with E-state index in [4.69, 9.17) is 5.73 Å². The topological polar surface area (TPSA) is 64.7 Å². The summed E-state index contributed by atoms with van der Waals surface area (Å²) < 4.78 is 4.74. The Morgan fingerprint density at radius 2 is 2.31 bits per heavy atom. The van der Waals surface area contributed by atoms with E-state index in [1.807, 2.05) is 6.07 Å². The highest BCUT2D eigenvalue weighted by Crippen LogP contribution is 2.29. The number of anilines is 1. The molecule has 0 unspecified atom stereocenters. The molecule has 0 saturated heterocycles. The van der Waals surface area contributed by atoms with Gasteiger partial charge in [-0.05, 0) is 35.4 Å². The van der Waals surface area contributed by atoms with Crippen LogP contribution < -0.4 is 5.73 Å². The second-order valence-electron chi connectivity index (χ2n) is 2.21. The van der Waals surface area contributed by atoms with E-state index >= 15 is 0 Å². The Morgan fingerprint density at radius 3 is 3.00 bits per heavy atom. The summed E-state index contributed by atoms with van der Waals surface area (Å²) in [4.78, 5) is 8.16. The van der Waals surface area contributed by atoms with Crippen molar-refractivity contribution in [2.24, 2.45) is 0 Å². The van der Waals surface area contributed by atoms with Crippen LogP contribution in [0.1, 0.15) is 0 Å². The summed E-state index contributed by atoms with van der Waals surface area (Å²) in [5.41, 5.74) is 6.38. The van der Waals surface area contributed by atoms with Gasteiger partial charge in [-0.2, -0.15) is 4.37 Å². The third-order valence-electron chi connectivity index (χ3n) is 1.33. The molecular formula is C7H6N4S2. The van der Waals surface area contributed by atoms with Crippen LogP contribution in [0.2, 0.25) is 0 Å². The van der Waals surface area contributed by atoms with Gasteiger partial charge >= 0.3 is 0 Å². The molecule has 13 heavy (non-hydrogen) atoms. The van der Waals surface area contributed by atoms with Gasteiger partial charge in [-0.25, -0.2) is 9.97 Å². The van der Waals surface area contributed by atoms with Crippen molar-refractivity contribution in [3.05, 3.63) is 24.7 Å². The normalized spacial score (nSPS) is 10.2.